The van der Waals surface area contributed by atoms with Crippen molar-refractivity contribution >= 4 is 23.4 Å². The molecule has 3 amide bonds. The molecule has 0 aromatic heterocycles. The maximum Gasteiger partial charge on any atom is 0.262 e. The fourth-order valence-electron chi connectivity index (χ4n) is 3.98. The molecule has 160 valence electrons. The molecule has 5 rings (SSSR count). The third-order valence-electron chi connectivity index (χ3n) is 5.52. The number of amides is 3. The molecule has 0 saturated heterocycles. The van der Waals surface area contributed by atoms with E-state index in [1.54, 1.807) is 42.5 Å². The number of hydrogen-bond acceptors (Lipinski definition) is 5. The molecule has 2 aliphatic heterocycles. The third-order valence-corrected chi connectivity index (χ3v) is 5.52. The van der Waals surface area contributed by atoms with E-state index in [2.05, 4.69) is 5.32 Å². The molecule has 1 unspecified atom stereocenters. The van der Waals surface area contributed by atoms with Crippen LogP contribution in [-0.4, -0.2) is 41.9 Å². The summed E-state index contributed by atoms with van der Waals surface area (Å²) in [5, 5.41) is 2.84. The van der Waals surface area contributed by atoms with Gasteiger partial charge in [-0.2, -0.15) is 0 Å². The summed E-state index contributed by atoms with van der Waals surface area (Å²) in [4.78, 5) is 40.6. The van der Waals surface area contributed by atoms with Crippen molar-refractivity contribution < 1.29 is 23.9 Å². The maximum absolute atomic E-state index is 13.4. The van der Waals surface area contributed by atoms with Crippen molar-refractivity contribution in [1.82, 2.24) is 4.90 Å². The fourth-order valence-corrected chi connectivity index (χ4v) is 3.98. The molecule has 2 aliphatic rings. The van der Waals surface area contributed by atoms with E-state index in [-0.39, 0.29) is 6.42 Å². The van der Waals surface area contributed by atoms with E-state index < -0.39 is 23.8 Å². The minimum absolute atomic E-state index is 0.197. The van der Waals surface area contributed by atoms with Crippen LogP contribution in [0.1, 0.15) is 26.3 Å². The second-order valence-corrected chi connectivity index (χ2v) is 7.58. The van der Waals surface area contributed by atoms with Gasteiger partial charge in [0.1, 0.15) is 19.3 Å². The van der Waals surface area contributed by atoms with Crippen LogP contribution in [-0.2, 0) is 11.2 Å². The SMILES string of the molecule is O=C(Nc1ccc2c(c1)OCCO2)C(Cc1ccccc1)N1C(=O)c2ccccc2C1=O. The van der Waals surface area contributed by atoms with E-state index >= 15 is 0 Å². The topological polar surface area (TPSA) is 84.9 Å². The third kappa shape index (κ3) is 3.58. The van der Waals surface area contributed by atoms with Gasteiger partial charge in [-0.05, 0) is 29.8 Å². The normalized spacial score (nSPS) is 15.3. The van der Waals surface area contributed by atoms with Gasteiger partial charge in [-0.15, -0.1) is 0 Å². The molecular weight excluding hydrogens is 408 g/mol. The summed E-state index contributed by atoms with van der Waals surface area (Å²) in [6, 6.07) is 20.0. The molecule has 0 spiro atoms. The van der Waals surface area contributed by atoms with Gasteiger partial charge < -0.3 is 14.8 Å². The highest BCUT2D eigenvalue weighted by atomic mass is 16.6. The van der Waals surface area contributed by atoms with Crippen LogP contribution in [0, 0.1) is 0 Å². The van der Waals surface area contributed by atoms with Crippen LogP contribution in [0.15, 0.2) is 72.8 Å². The van der Waals surface area contributed by atoms with E-state index in [0.717, 1.165) is 10.5 Å². The second-order valence-electron chi connectivity index (χ2n) is 7.58. The molecule has 3 aromatic rings. The minimum atomic E-state index is -1.02. The first-order chi connectivity index (χ1) is 15.6. The van der Waals surface area contributed by atoms with Crippen molar-refractivity contribution in [3.05, 3.63) is 89.5 Å². The number of anilines is 1. The summed E-state index contributed by atoms with van der Waals surface area (Å²) in [6.07, 6.45) is 0.197. The summed E-state index contributed by atoms with van der Waals surface area (Å²) >= 11 is 0. The molecule has 0 bridgehead atoms. The zero-order valence-electron chi connectivity index (χ0n) is 17.1. The number of ether oxygens (including phenoxy) is 2. The molecule has 1 N–H and O–H groups in total. The predicted molar refractivity (Wildman–Crippen MR) is 117 cm³/mol. The number of hydrogen-bond donors (Lipinski definition) is 1. The average Bonchev–Trinajstić information content (AvgIpc) is 3.08. The quantitative estimate of drug-likeness (QED) is 0.631. The summed E-state index contributed by atoms with van der Waals surface area (Å²) < 4.78 is 11.1. The number of fused-ring (bicyclic) bond motifs is 2. The monoisotopic (exact) mass is 428 g/mol. The number of nitrogens with zero attached hydrogens (tertiary/aromatic N) is 1. The molecule has 7 heteroatoms. The standard InChI is InChI=1S/C25H20N2O5/c28-23(26-17-10-11-21-22(15-17)32-13-12-31-21)20(14-16-6-2-1-3-7-16)27-24(29)18-8-4-5-9-19(18)25(27)30/h1-11,15,20H,12-14H2,(H,26,28). The van der Waals surface area contributed by atoms with Crippen molar-refractivity contribution in [1.29, 1.82) is 0 Å². The Hall–Kier alpha value is -4.13. The summed E-state index contributed by atoms with van der Waals surface area (Å²) in [5.41, 5.74) is 1.95. The Bertz CT molecular complexity index is 1170. The molecule has 0 fully saturated rings. The Morgan fingerprint density at radius 3 is 2.16 bits per heavy atom. The molecule has 3 aromatic carbocycles. The highest BCUT2D eigenvalue weighted by Gasteiger charge is 2.42. The molecule has 1 atom stereocenters. The molecule has 0 saturated carbocycles. The second kappa shape index (κ2) is 8.19. The number of imide groups is 1. The van der Waals surface area contributed by atoms with Crippen LogP contribution < -0.4 is 14.8 Å². The Morgan fingerprint density at radius 2 is 1.47 bits per heavy atom. The van der Waals surface area contributed by atoms with E-state index in [9.17, 15) is 14.4 Å². The number of rotatable bonds is 5. The van der Waals surface area contributed by atoms with Gasteiger partial charge in [0, 0.05) is 18.2 Å². The minimum Gasteiger partial charge on any atom is -0.486 e. The van der Waals surface area contributed by atoms with Gasteiger partial charge in [-0.25, -0.2) is 0 Å². The van der Waals surface area contributed by atoms with Crippen molar-refractivity contribution in [2.24, 2.45) is 0 Å². The van der Waals surface area contributed by atoms with Crippen LogP contribution in [0.5, 0.6) is 11.5 Å². The Balaban J connectivity index is 1.46. The van der Waals surface area contributed by atoms with Crippen LogP contribution in [0.4, 0.5) is 5.69 Å². The van der Waals surface area contributed by atoms with Crippen LogP contribution in [0.2, 0.25) is 0 Å². The maximum atomic E-state index is 13.4. The molecule has 2 heterocycles. The zero-order chi connectivity index (χ0) is 22.1. The van der Waals surface area contributed by atoms with Gasteiger partial charge >= 0.3 is 0 Å². The number of carbonyl (C=O) groups excluding carboxylic acids is 3. The van der Waals surface area contributed by atoms with E-state index in [4.69, 9.17) is 9.47 Å². The molecule has 0 radical (unpaired) electrons. The van der Waals surface area contributed by atoms with Crippen molar-refractivity contribution in [3.8, 4) is 11.5 Å². The predicted octanol–water partition coefficient (Wildman–Crippen LogP) is 3.30. The van der Waals surface area contributed by atoms with Gasteiger partial charge in [0.15, 0.2) is 11.5 Å². The highest BCUT2D eigenvalue weighted by molar-refractivity contribution is 6.23. The van der Waals surface area contributed by atoms with Crippen molar-refractivity contribution in [2.75, 3.05) is 18.5 Å². The molecule has 7 nitrogen and oxygen atoms in total. The fraction of sp³-hybridized carbons (Fsp3) is 0.160. The molecule has 32 heavy (non-hydrogen) atoms. The number of carbonyl (C=O) groups is 3. The molecule has 0 aliphatic carbocycles. The van der Waals surface area contributed by atoms with Crippen molar-refractivity contribution in [3.63, 3.8) is 0 Å². The van der Waals surface area contributed by atoms with Gasteiger partial charge in [0.2, 0.25) is 5.91 Å². The first-order valence-corrected chi connectivity index (χ1v) is 10.3. The lowest BCUT2D eigenvalue weighted by atomic mass is 10.0. The first kappa shape index (κ1) is 19.8. The molecular formula is C25H20N2O5. The lowest BCUT2D eigenvalue weighted by Crippen LogP contribution is -2.48. The van der Waals surface area contributed by atoms with Gasteiger partial charge in [-0.1, -0.05) is 42.5 Å². The van der Waals surface area contributed by atoms with Crippen LogP contribution in [0.3, 0.4) is 0 Å². The Morgan fingerprint density at radius 1 is 0.844 bits per heavy atom. The Labute approximate surface area is 184 Å². The number of nitrogens with one attached hydrogen (secondary N) is 1. The summed E-state index contributed by atoms with van der Waals surface area (Å²) in [6.45, 7) is 0.896. The van der Waals surface area contributed by atoms with Gasteiger partial charge in [0.25, 0.3) is 11.8 Å². The van der Waals surface area contributed by atoms with E-state index in [1.807, 2.05) is 30.3 Å². The lowest BCUT2D eigenvalue weighted by Gasteiger charge is -2.26. The zero-order valence-corrected chi connectivity index (χ0v) is 17.1. The smallest absolute Gasteiger partial charge is 0.262 e. The highest BCUT2D eigenvalue weighted by Crippen LogP contribution is 2.33. The van der Waals surface area contributed by atoms with Crippen molar-refractivity contribution in [2.45, 2.75) is 12.5 Å². The lowest BCUT2D eigenvalue weighted by molar-refractivity contribution is -0.119. The average molecular weight is 428 g/mol. The van der Waals surface area contributed by atoms with Gasteiger partial charge in [-0.3, -0.25) is 19.3 Å². The van der Waals surface area contributed by atoms with Gasteiger partial charge in [0.05, 0.1) is 11.1 Å². The summed E-state index contributed by atoms with van der Waals surface area (Å²) in [5.74, 6) is -0.252. The Kier molecular flexibility index (Phi) is 5.07. The van der Waals surface area contributed by atoms with Crippen LogP contribution >= 0.6 is 0 Å². The van der Waals surface area contributed by atoms with E-state index in [0.29, 0.717) is 41.5 Å². The van der Waals surface area contributed by atoms with E-state index in [1.165, 1.54) is 0 Å². The first-order valence-electron chi connectivity index (χ1n) is 10.3. The largest absolute Gasteiger partial charge is 0.486 e. The number of benzene rings is 3. The van der Waals surface area contributed by atoms with Crippen LogP contribution in [0.25, 0.3) is 0 Å². The summed E-state index contributed by atoms with van der Waals surface area (Å²) in [7, 11) is 0.